The zero-order chi connectivity index (χ0) is 8.15. The molecule has 0 aromatic rings. The van der Waals surface area contributed by atoms with Crippen LogP contribution in [0.4, 0.5) is 0 Å². The van der Waals surface area contributed by atoms with Crippen molar-refractivity contribution in [1.29, 1.82) is 0 Å². The molecule has 0 rings (SSSR count). The molecule has 1 amide bonds. The van der Waals surface area contributed by atoms with E-state index in [-0.39, 0.29) is 17.3 Å². The molecule has 1 atom stereocenters. The molecule has 0 spiro atoms. The Morgan fingerprint density at radius 3 is 2.50 bits per heavy atom. The van der Waals surface area contributed by atoms with E-state index in [9.17, 15) is 9.59 Å². The largest absolute Gasteiger partial charge is 0.480 e. The van der Waals surface area contributed by atoms with Crippen molar-refractivity contribution in [2.45, 2.75) is 11.8 Å². The predicted octanol–water partition coefficient (Wildman–Crippen LogP) is -0.0294. The van der Waals surface area contributed by atoms with Gasteiger partial charge in [-0.25, -0.2) is 0 Å². The standard InChI is InChI=1S/C5H8BrNO3/c1-3(6)5(10)7-2-4(8)9/h3H,2H2,1H3,(H,7,10)(H,8,9)/t3-/m0/s1. The Kier molecular flexibility index (Phi) is 4.02. The molecule has 0 fully saturated rings. The van der Waals surface area contributed by atoms with Crippen LogP contribution in [0.2, 0.25) is 0 Å². The summed E-state index contributed by atoms with van der Waals surface area (Å²) in [7, 11) is 0. The van der Waals surface area contributed by atoms with Gasteiger partial charge in [-0.1, -0.05) is 15.9 Å². The molecule has 4 nitrogen and oxygen atoms in total. The molecule has 5 heteroatoms. The lowest BCUT2D eigenvalue weighted by atomic mass is 10.4. The van der Waals surface area contributed by atoms with Crippen LogP contribution in [0.15, 0.2) is 0 Å². The average Bonchev–Trinajstić information content (AvgIpc) is 1.82. The first-order valence-corrected chi connectivity index (χ1v) is 3.59. The minimum absolute atomic E-state index is 0.317. The van der Waals surface area contributed by atoms with Crippen LogP contribution in [0.25, 0.3) is 0 Å². The summed E-state index contributed by atoms with van der Waals surface area (Å²) in [5, 5.41) is 10.3. The second kappa shape index (κ2) is 4.27. The second-order valence-electron chi connectivity index (χ2n) is 1.73. The number of aliphatic carboxylic acids is 1. The first kappa shape index (κ1) is 9.42. The summed E-state index contributed by atoms with van der Waals surface area (Å²) in [5.74, 6) is -1.36. The molecule has 0 radical (unpaired) electrons. The van der Waals surface area contributed by atoms with E-state index in [2.05, 4.69) is 21.2 Å². The molecule has 58 valence electrons. The van der Waals surface area contributed by atoms with Gasteiger partial charge < -0.3 is 10.4 Å². The van der Waals surface area contributed by atoms with Crippen molar-refractivity contribution in [3.63, 3.8) is 0 Å². The van der Waals surface area contributed by atoms with Crippen molar-refractivity contribution >= 4 is 27.8 Å². The van der Waals surface area contributed by atoms with Gasteiger partial charge in [-0.2, -0.15) is 0 Å². The van der Waals surface area contributed by atoms with Gasteiger partial charge in [0.1, 0.15) is 6.54 Å². The normalized spacial score (nSPS) is 12.2. The number of carbonyl (C=O) groups is 2. The SMILES string of the molecule is C[C@H](Br)C(=O)NCC(=O)O. The fourth-order valence-electron chi connectivity index (χ4n) is 0.303. The van der Waals surface area contributed by atoms with Gasteiger partial charge in [-0.15, -0.1) is 0 Å². The number of amides is 1. The minimum atomic E-state index is -1.04. The molecule has 0 saturated carbocycles. The molecule has 2 N–H and O–H groups in total. The molecule has 0 aromatic heterocycles. The summed E-state index contributed by atoms with van der Waals surface area (Å²) in [6, 6.07) is 0. The molecule has 0 aliphatic rings. The highest BCUT2D eigenvalue weighted by atomic mass is 79.9. The van der Waals surface area contributed by atoms with Crippen molar-refractivity contribution in [3.05, 3.63) is 0 Å². The number of halogens is 1. The van der Waals surface area contributed by atoms with E-state index in [1.54, 1.807) is 6.92 Å². The maximum Gasteiger partial charge on any atom is 0.322 e. The maximum absolute atomic E-state index is 10.6. The Hall–Kier alpha value is -0.580. The molecule has 10 heavy (non-hydrogen) atoms. The van der Waals surface area contributed by atoms with Crippen LogP contribution in [-0.4, -0.2) is 28.4 Å². The van der Waals surface area contributed by atoms with Crippen molar-refractivity contribution in [2.75, 3.05) is 6.54 Å². The Labute approximate surface area is 66.7 Å². The monoisotopic (exact) mass is 209 g/mol. The maximum atomic E-state index is 10.6. The number of alkyl halides is 1. The number of nitrogens with one attached hydrogen (secondary N) is 1. The number of rotatable bonds is 3. The topological polar surface area (TPSA) is 66.4 Å². The lowest BCUT2D eigenvalue weighted by Gasteiger charge is -2.01. The number of carboxylic acids is 1. The van der Waals surface area contributed by atoms with Crippen molar-refractivity contribution < 1.29 is 14.7 Å². The summed E-state index contributed by atoms with van der Waals surface area (Å²) in [5.41, 5.74) is 0. The van der Waals surface area contributed by atoms with Gasteiger partial charge in [0.05, 0.1) is 4.83 Å². The van der Waals surface area contributed by atoms with Crippen LogP contribution >= 0.6 is 15.9 Å². The lowest BCUT2D eigenvalue weighted by molar-refractivity contribution is -0.137. The third kappa shape index (κ3) is 4.31. The van der Waals surface area contributed by atoms with Crippen LogP contribution in [0, 0.1) is 0 Å². The van der Waals surface area contributed by atoms with Crippen molar-refractivity contribution in [2.24, 2.45) is 0 Å². The van der Waals surface area contributed by atoms with Crippen LogP contribution in [0.3, 0.4) is 0 Å². The van der Waals surface area contributed by atoms with Gasteiger partial charge >= 0.3 is 5.97 Å². The Morgan fingerprint density at radius 1 is 1.70 bits per heavy atom. The quantitative estimate of drug-likeness (QED) is 0.642. The number of carbonyl (C=O) groups excluding carboxylic acids is 1. The van der Waals surface area contributed by atoms with Gasteiger partial charge in [0, 0.05) is 0 Å². The van der Waals surface area contributed by atoms with E-state index in [4.69, 9.17) is 5.11 Å². The first-order chi connectivity index (χ1) is 4.54. The van der Waals surface area contributed by atoms with Gasteiger partial charge in [0.25, 0.3) is 0 Å². The van der Waals surface area contributed by atoms with Crippen molar-refractivity contribution in [1.82, 2.24) is 5.32 Å². The molecule has 0 aliphatic heterocycles. The number of hydrogen-bond donors (Lipinski definition) is 2. The fourth-order valence-corrected chi connectivity index (χ4v) is 0.465. The summed E-state index contributed by atoms with van der Waals surface area (Å²) in [6.07, 6.45) is 0. The summed E-state index contributed by atoms with van der Waals surface area (Å²) in [6.45, 7) is 1.30. The summed E-state index contributed by atoms with van der Waals surface area (Å²) in [4.78, 5) is 20.2. The Balaban J connectivity index is 3.50. The molecule has 0 saturated heterocycles. The zero-order valence-electron chi connectivity index (χ0n) is 5.43. The highest BCUT2D eigenvalue weighted by molar-refractivity contribution is 9.10. The molecule has 0 aliphatic carbocycles. The zero-order valence-corrected chi connectivity index (χ0v) is 7.01. The third-order valence-electron chi connectivity index (χ3n) is 0.775. The van der Waals surface area contributed by atoms with Gasteiger partial charge in [-0.05, 0) is 6.92 Å². The average molecular weight is 210 g/mol. The molecule has 0 unspecified atom stereocenters. The predicted molar refractivity (Wildman–Crippen MR) is 39.0 cm³/mol. The van der Waals surface area contributed by atoms with Crippen LogP contribution in [0.5, 0.6) is 0 Å². The molecule has 0 aromatic carbocycles. The van der Waals surface area contributed by atoms with Crippen LogP contribution < -0.4 is 5.32 Å². The number of hydrogen-bond acceptors (Lipinski definition) is 2. The minimum Gasteiger partial charge on any atom is -0.480 e. The third-order valence-corrected chi connectivity index (χ3v) is 1.19. The highest BCUT2D eigenvalue weighted by Crippen LogP contribution is 1.94. The van der Waals surface area contributed by atoms with E-state index in [0.717, 1.165) is 0 Å². The molecular formula is C5H8BrNO3. The van der Waals surface area contributed by atoms with Gasteiger partial charge in [0.15, 0.2) is 0 Å². The summed E-state index contributed by atoms with van der Waals surface area (Å²) >= 11 is 2.98. The van der Waals surface area contributed by atoms with E-state index in [1.807, 2.05) is 0 Å². The smallest absolute Gasteiger partial charge is 0.322 e. The van der Waals surface area contributed by atoms with E-state index in [1.165, 1.54) is 0 Å². The van der Waals surface area contributed by atoms with Crippen LogP contribution in [0.1, 0.15) is 6.92 Å². The molecular weight excluding hydrogens is 202 g/mol. The van der Waals surface area contributed by atoms with Crippen molar-refractivity contribution in [3.8, 4) is 0 Å². The molecule has 0 bridgehead atoms. The number of carboxylic acid groups (broad SMARTS) is 1. The van der Waals surface area contributed by atoms with E-state index >= 15 is 0 Å². The lowest BCUT2D eigenvalue weighted by Crippen LogP contribution is -2.33. The highest BCUT2D eigenvalue weighted by Gasteiger charge is 2.08. The Bertz CT molecular complexity index is 146. The van der Waals surface area contributed by atoms with Gasteiger partial charge in [0.2, 0.25) is 5.91 Å². The first-order valence-electron chi connectivity index (χ1n) is 2.67. The second-order valence-corrected chi connectivity index (χ2v) is 3.10. The fraction of sp³-hybridized carbons (Fsp3) is 0.600. The van der Waals surface area contributed by atoms with Gasteiger partial charge in [-0.3, -0.25) is 9.59 Å². The Morgan fingerprint density at radius 2 is 2.20 bits per heavy atom. The molecule has 0 heterocycles. The van der Waals surface area contributed by atoms with Crippen LogP contribution in [-0.2, 0) is 9.59 Å². The van der Waals surface area contributed by atoms with E-state index < -0.39 is 5.97 Å². The van der Waals surface area contributed by atoms with E-state index in [0.29, 0.717) is 0 Å². The summed E-state index contributed by atoms with van der Waals surface area (Å²) < 4.78 is 0.